The normalized spacial score (nSPS) is 14.8. The van der Waals surface area contributed by atoms with Gasteiger partial charge in [-0.3, -0.25) is 4.79 Å². The molecule has 1 amide bonds. The van der Waals surface area contributed by atoms with Gasteiger partial charge < -0.3 is 15.4 Å². The highest BCUT2D eigenvalue weighted by molar-refractivity contribution is 7.92. The van der Waals surface area contributed by atoms with Crippen LogP contribution in [-0.4, -0.2) is 46.1 Å². The van der Waals surface area contributed by atoms with Gasteiger partial charge in [0.1, 0.15) is 5.75 Å². The number of nitrogens with zero attached hydrogens (tertiary/aromatic N) is 1. The van der Waals surface area contributed by atoms with Crippen LogP contribution in [0.15, 0.2) is 18.2 Å². The van der Waals surface area contributed by atoms with Crippen molar-refractivity contribution >= 4 is 27.1 Å². The van der Waals surface area contributed by atoms with Crippen LogP contribution in [-0.2, 0) is 25.8 Å². The molecule has 1 heterocycles. The van der Waals surface area contributed by atoms with Gasteiger partial charge >= 0.3 is 0 Å². The standard InChI is InChI=1S/C14H20N2O4S/c1-20-8-9-21(18,19)10-14(17)16-7-3-4-11-12(15)5-2-6-13(11)16/h2,5-6H,3-4,7-10,15H2,1H3. The lowest BCUT2D eigenvalue weighted by atomic mass is 10.00. The minimum absolute atomic E-state index is 0.0964. The number of rotatable bonds is 5. The predicted octanol–water partition coefficient (Wildman–Crippen LogP) is 0.609. The quantitative estimate of drug-likeness (QED) is 0.805. The fraction of sp³-hybridized carbons (Fsp3) is 0.500. The van der Waals surface area contributed by atoms with E-state index in [1.54, 1.807) is 12.1 Å². The zero-order valence-corrected chi connectivity index (χ0v) is 12.9. The Kier molecular flexibility index (Phi) is 4.84. The van der Waals surface area contributed by atoms with Gasteiger partial charge in [0.05, 0.1) is 12.4 Å². The van der Waals surface area contributed by atoms with Crippen molar-refractivity contribution in [2.75, 3.05) is 42.4 Å². The van der Waals surface area contributed by atoms with Crippen molar-refractivity contribution < 1.29 is 17.9 Å². The molecule has 0 fully saturated rings. The minimum Gasteiger partial charge on any atom is -0.398 e. The van der Waals surface area contributed by atoms with Crippen LogP contribution in [0, 0.1) is 0 Å². The number of fused-ring (bicyclic) bond motifs is 1. The molecule has 0 radical (unpaired) electrons. The van der Waals surface area contributed by atoms with E-state index < -0.39 is 21.5 Å². The molecule has 1 aromatic carbocycles. The van der Waals surface area contributed by atoms with Crippen molar-refractivity contribution in [2.45, 2.75) is 12.8 Å². The monoisotopic (exact) mass is 312 g/mol. The highest BCUT2D eigenvalue weighted by atomic mass is 32.2. The van der Waals surface area contributed by atoms with Crippen LogP contribution in [0.3, 0.4) is 0 Å². The van der Waals surface area contributed by atoms with Gasteiger partial charge in [0.25, 0.3) is 0 Å². The number of anilines is 2. The lowest BCUT2D eigenvalue weighted by Gasteiger charge is -2.30. The number of hydrogen-bond donors (Lipinski definition) is 1. The fourth-order valence-corrected chi connectivity index (χ4v) is 3.56. The van der Waals surface area contributed by atoms with Crippen molar-refractivity contribution in [3.63, 3.8) is 0 Å². The van der Waals surface area contributed by atoms with Gasteiger partial charge in [0.2, 0.25) is 5.91 Å². The number of nitrogen functional groups attached to an aromatic ring is 1. The number of hydrogen-bond acceptors (Lipinski definition) is 5. The molecule has 0 saturated carbocycles. The van der Waals surface area contributed by atoms with E-state index in [1.807, 2.05) is 6.07 Å². The second-order valence-electron chi connectivity index (χ2n) is 5.08. The van der Waals surface area contributed by atoms with Crippen molar-refractivity contribution in [1.29, 1.82) is 0 Å². The Morgan fingerprint density at radius 2 is 2.19 bits per heavy atom. The number of carbonyl (C=O) groups excluding carboxylic acids is 1. The average molecular weight is 312 g/mol. The molecule has 0 atom stereocenters. The number of ether oxygens (including phenoxy) is 1. The highest BCUT2D eigenvalue weighted by Gasteiger charge is 2.27. The van der Waals surface area contributed by atoms with Gasteiger partial charge in [-0.05, 0) is 30.5 Å². The summed E-state index contributed by atoms with van der Waals surface area (Å²) < 4.78 is 28.5. The SMILES string of the molecule is COCCS(=O)(=O)CC(=O)N1CCCc2c(N)cccc21. The minimum atomic E-state index is -3.45. The molecular formula is C14H20N2O4S. The Morgan fingerprint density at radius 1 is 1.43 bits per heavy atom. The van der Waals surface area contributed by atoms with E-state index in [0.717, 1.165) is 24.1 Å². The third-order valence-corrected chi connectivity index (χ3v) is 5.01. The summed E-state index contributed by atoms with van der Waals surface area (Å²) in [5.74, 6) is -1.05. The second kappa shape index (κ2) is 6.44. The zero-order chi connectivity index (χ0) is 15.5. The molecule has 21 heavy (non-hydrogen) atoms. The van der Waals surface area contributed by atoms with Crippen LogP contribution in [0.25, 0.3) is 0 Å². The van der Waals surface area contributed by atoms with E-state index in [0.29, 0.717) is 12.2 Å². The first-order valence-corrected chi connectivity index (χ1v) is 8.64. The van der Waals surface area contributed by atoms with E-state index in [2.05, 4.69) is 0 Å². The molecule has 6 nitrogen and oxygen atoms in total. The lowest BCUT2D eigenvalue weighted by Crippen LogP contribution is -2.40. The molecule has 0 saturated heterocycles. The molecule has 0 unspecified atom stereocenters. The van der Waals surface area contributed by atoms with E-state index in [9.17, 15) is 13.2 Å². The van der Waals surface area contributed by atoms with Crippen LogP contribution in [0.1, 0.15) is 12.0 Å². The summed E-state index contributed by atoms with van der Waals surface area (Å²) in [6, 6.07) is 5.38. The van der Waals surface area contributed by atoms with Crippen molar-refractivity contribution in [3.05, 3.63) is 23.8 Å². The van der Waals surface area contributed by atoms with E-state index in [1.165, 1.54) is 12.0 Å². The molecule has 0 bridgehead atoms. The van der Waals surface area contributed by atoms with E-state index in [-0.39, 0.29) is 12.4 Å². The molecule has 1 aliphatic rings. The van der Waals surface area contributed by atoms with Crippen LogP contribution >= 0.6 is 0 Å². The molecule has 1 aliphatic heterocycles. The molecule has 0 aromatic heterocycles. The van der Waals surface area contributed by atoms with Gasteiger partial charge in [-0.15, -0.1) is 0 Å². The zero-order valence-electron chi connectivity index (χ0n) is 12.0. The number of benzene rings is 1. The predicted molar refractivity (Wildman–Crippen MR) is 82.1 cm³/mol. The largest absolute Gasteiger partial charge is 0.398 e. The highest BCUT2D eigenvalue weighted by Crippen LogP contribution is 2.31. The molecule has 0 aliphatic carbocycles. The first-order valence-electron chi connectivity index (χ1n) is 6.81. The van der Waals surface area contributed by atoms with Crippen LogP contribution in [0.2, 0.25) is 0 Å². The average Bonchev–Trinajstić information content (AvgIpc) is 2.44. The van der Waals surface area contributed by atoms with E-state index in [4.69, 9.17) is 10.5 Å². The lowest BCUT2D eigenvalue weighted by molar-refractivity contribution is -0.116. The topological polar surface area (TPSA) is 89.7 Å². The first-order chi connectivity index (χ1) is 9.94. The number of carbonyl (C=O) groups is 1. The molecular weight excluding hydrogens is 292 g/mol. The Morgan fingerprint density at radius 3 is 2.90 bits per heavy atom. The summed E-state index contributed by atoms with van der Waals surface area (Å²) in [5.41, 5.74) is 8.22. The van der Waals surface area contributed by atoms with Crippen LogP contribution < -0.4 is 10.6 Å². The van der Waals surface area contributed by atoms with Gasteiger partial charge in [-0.1, -0.05) is 6.07 Å². The van der Waals surface area contributed by atoms with Crippen molar-refractivity contribution in [1.82, 2.24) is 0 Å². The Labute approximate surface area is 124 Å². The Bertz CT molecular complexity index is 628. The summed E-state index contributed by atoms with van der Waals surface area (Å²) in [7, 11) is -2.02. The molecule has 116 valence electrons. The third-order valence-electron chi connectivity index (χ3n) is 3.53. The maximum atomic E-state index is 12.3. The van der Waals surface area contributed by atoms with E-state index >= 15 is 0 Å². The summed E-state index contributed by atoms with van der Waals surface area (Å²) in [4.78, 5) is 13.8. The summed E-state index contributed by atoms with van der Waals surface area (Å²) in [6.45, 7) is 0.619. The van der Waals surface area contributed by atoms with Crippen molar-refractivity contribution in [3.8, 4) is 0 Å². The maximum Gasteiger partial charge on any atom is 0.242 e. The molecule has 7 heteroatoms. The molecule has 0 spiro atoms. The van der Waals surface area contributed by atoms with Crippen LogP contribution in [0.5, 0.6) is 0 Å². The van der Waals surface area contributed by atoms with Gasteiger partial charge in [0, 0.05) is 25.0 Å². The molecule has 2 N–H and O–H groups in total. The molecule has 2 rings (SSSR count). The Balaban J connectivity index is 2.17. The van der Waals surface area contributed by atoms with Gasteiger partial charge in [0.15, 0.2) is 9.84 Å². The number of amides is 1. The number of sulfone groups is 1. The van der Waals surface area contributed by atoms with Gasteiger partial charge in [-0.2, -0.15) is 0 Å². The second-order valence-corrected chi connectivity index (χ2v) is 7.26. The summed E-state index contributed by atoms with van der Waals surface area (Å²) >= 11 is 0. The fourth-order valence-electron chi connectivity index (χ4n) is 2.46. The van der Waals surface area contributed by atoms with Crippen LogP contribution in [0.4, 0.5) is 11.4 Å². The first kappa shape index (κ1) is 15.8. The summed E-state index contributed by atoms with van der Waals surface area (Å²) in [5, 5.41) is 0. The smallest absolute Gasteiger partial charge is 0.242 e. The summed E-state index contributed by atoms with van der Waals surface area (Å²) in [6.07, 6.45) is 1.59. The number of methoxy groups -OCH3 is 1. The molecule has 1 aromatic rings. The Hall–Kier alpha value is -1.60. The number of nitrogens with two attached hydrogens (primary N) is 1. The van der Waals surface area contributed by atoms with Crippen molar-refractivity contribution in [2.24, 2.45) is 0 Å². The third kappa shape index (κ3) is 3.74. The van der Waals surface area contributed by atoms with Gasteiger partial charge in [-0.25, -0.2) is 8.42 Å². The maximum absolute atomic E-state index is 12.3.